The molecule has 0 unspecified atom stereocenters. The quantitative estimate of drug-likeness (QED) is 0.532. The molecule has 0 bridgehead atoms. The summed E-state index contributed by atoms with van der Waals surface area (Å²) in [6, 6.07) is 9.31. The average molecular weight is 505 g/mol. The van der Waals surface area contributed by atoms with Crippen LogP contribution in [0, 0.1) is 0 Å². The number of halogens is 3. The largest absolute Gasteiger partial charge is 0.416 e. The standard InChI is InChI=1S/C26H31F3N4O3/c27-26(28,29)20-6-3-5-19(17-20)24(34)31-21-7-8-23(33-11-1-2-12-33)22(18-21)25(35)30-9-4-10-32-13-15-36-16-14-32/h3,5-8,17-18H,1-2,4,9-16H2,(H,30,35)(H,31,34). The van der Waals surface area contributed by atoms with E-state index < -0.39 is 17.6 Å². The fraction of sp³-hybridized carbons (Fsp3) is 0.462. The highest BCUT2D eigenvalue weighted by Crippen LogP contribution is 2.30. The van der Waals surface area contributed by atoms with Crippen LogP contribution in [0.5, 0.6) is 0 Å². The first-order valence-electron chi connectivity index (χ1n) is 12.3. The lowest BCUT2D eigenvalue weighted by atomic mass is 10.1. The molecule has 0 saturated carbocycles. The summed E-state index contributed by atoms with van der Waals surface area (Å²) in [4.78, 5) is 30.2. The van der Waals surface area contributed by atoms with Gasteiger partial charge in [0.2, 0.25) is 0 Å². The third kappa shape index (κ3) is 6.76. The van der Waals surface area contributed by atoms with E-state index in [0.717, 1.165) is 83.0 Å². The van der Waals surface area contributed by atoms with Gasteiger partial charge in [-0.1, -0.05) is 6.07 Å². The maximum Gasteiger partial charge on any atom is 0.416 e. The summed E-state index contributed by atoms with van der Waals surface area (Å²) >= 11 is 0. The zero-order valence-corrected chi connectivity index (χ0v) is 20.1. The zero-order chi connectivity index (χ0) is 25.5. The minimum Gasteiger partial charge on any atom is -0.379 e. The van der Waals surface area contributed by atoms with Crippen molar-refractivity contribution in [1.82, 2.24) is 10.2 Å². The first kappa shape index (κ1) is 26.0. The van der Waals surface area contributed by atoms with E-state index in [1.807, 2.05) is 0 Å². The third-order valence-electron chi connectivity index (χ3n) is 6.44. The Hall–Kier alpha value is -3.11. The lowest BCUT2D eigenvalue weighted by molar-refractivity contribution is -0.137. The molecule has 0 atom stereocenters. The van der Waals surface area contributed by atoms with Gasteiger partial charge in [0.1, 0.15) is 0 Å². The third-order valence-corrected chi connectivity index (χ3v) is 6.44. The van der Waals surface area contributed by atoms with Crippen molar-refractivity contribution in [2.75, 3.05) is 62.7 Å². The number of ether oxygens (including phenoxy) is 1. The van der Waals surface area contributed by atoms with Crippen LogP contribution in [0.1, 0.15) is 45.5 Å². The van der Waals surface area contributed by atoms with E-state index >= 15 is 0 Å². The summed E-state index contributed by atoms with van der Waals surface area (Å²) in [5.41, 5.74) is 0.568. The van der Waals surface area contributed by atoms with Crippen molar-refractivity contribution in [2.24, 2.45) is 0 Å². The van der Waals surface area contributed by atoms with Gasteiger partial charge >= 0.3 is 6.18 Å². The zero-order valence-electron chi connectivity index (χ0n) is 20.1. The van der Waals surface area contributed by atoms with Crippen LogP contribution in [0.4, 0.5) is 24.5 Å². The van der Waals surface area contributed by atoms with Crippen LogP contribution in [0.15, 0.2) is 42.5 Å². The molecule has 2 amide bonds. The van der Waals surface area contributed by atoms with E-state index in [1.54, 1.807) is 18.2 Å². The van der Waals surface area contributed by atoms with Gasteiger partial charge in [0.05, 0.1) is 24.3 Å². The highest BCUT2D eigenvalue weighted by molar-refractivity contribution is 6.06. The van der Waals surface area contributed by atoms with Crippen LogP contribution < -0.4 is 15.5 Å². The van der Waals surface area contributed by atoms with Gasteiger partial charge in [-0.3, -0.25) is 14.5 Å². The van der Waals surface area contributed by atoms with Crippen molar-refractivity contribution in [3.05, 3.63) is 59.2 Å². The normalized spacial score (nSPS) is 16.7. The molecule has 194 valence electrons. The molecule has 10 heteroatoms. The predicted octanol–water partition coefficient (Wildman–Crippen LogP) is 4.01. The predicted molar refractivity (Wildman–Crippen MR) is 131 cm³/mol. The van der Waals surface area contributed by atoms with Gasteiger partial charge in [0.25, 0.3) is 11.8 Å². The molecular weight excluding hydrogens is 473 g/mol. The Morgan fingerprint density at radius 3 is 2.42 bits per heavy atom. The number of carbonyl (C=O) groups excluding carboxylic acids is 2. The molecule has 2 N–H and O–H groups in total. The molecule has 4 rings (SSSR count). The molecule has 0 aromatic heterocycles. The molecule has 2 aromatic rings. The Kier molecular flexibility index (Phi) is 8.48. The summed E-state index contributed by atoms with van der Waals surface area (Å²) in [6.45, 7) is 6.29. The summed E-state index contributed by atoms with van der Waals surface area (Å²) in [5, 5.41) is 5.61. The number of nitrogens with zero attached hydrogens (tertiary/aromatic N) is 2. The minimum absolute atomic E-state index is 0.109. The Bertz CT molecular complexity index is 1060. The second kappa shape index (κ2) is 11.7. The Morgan fingerprint density at radius 1 is 0.944 bits per heavy atom. The average Bonchev–Trinajstić information content (AvgIpc) is 3.41. The van der Waals surface area contributed by atoms with Gasteiger partial charge in [-0.15, -0.1) is 0 Å². The first-order valence-corrected chi connectivity index (χ1v) is 12.3. The van der Waals surface area contributed by atoms with Crippen molar-refractivity contribution < 1.29 is 27.5 Å². The second-order valence-corrected chi connectivity index (χ2v) is 9.02. The minimum atomic E-state index is -4.54. The number of rotatable bonds is 8. The molecular formula is C26H31F3N4O3. The Balaban J connectivity index is 1.45. The molecule has 36 heavy (non-hydrogen) atoms. The van der Waals surface area contributed by atoms with Crippen LogP contribution in [0.2, 0.25) is 0 Å². The molecule has 7 nitrogen and oxygen atoms in total. The molecule has 0 aliphatic carbocycles. The molecule has 2 aromatic carbocycles. The lowest BCUT2D eigenvalue weighted by Crippen LogP contribution is -2.38. The molecule has 2 saturated heterocycles. The molecule has 2 fully saturated rings. The number of hydrogen-bond donors (Lipinski definition) is 2. The summed E-state index contributed by atoms with van der Waals surface area (Å²) in [5.74, 6) is -0.916. The van der Waals surface area contributed by atoms with E-state index in [-0.39, 0.29) is 11.5 Å². The van der Waals surface area contributed by atoms with Gasteiger partial charge in [0, 0.05) is 49.7 Å². The fourth-order valence-corrected chi connectivity index (χ4v) is 4.49. The molecule has 2 heterocycles. The van der Waals surface area contributed by atoms with Gasteiger partial charge in [-0.25, -0.2) is 0 Å². The van der Waals surface area contributed by atoms with Gasteiger partial charge in [0.15, 0.2) is 0 Å². The number of nitrogens with one attached hydrogen (secondary N) is 2. The SMILES string of the molecule is O=C(Nc1ccc(N2CCCC2)c(C(=O)NCCCN2CCOCC2)c1)c1cccc(C(F)(F)F)c1. The maximum atomic E-state index is 13.1. The highest BCUT2D eigenvalue weighted by Gasteiger charge is 2.31. The summed E-state index contributed by atoms with van der Waals surface area (Å²) < 4.78 is 44.5. The van der Waals surface area contributed by atoms with Crippen LogP contribution >= 0.6 is 0 Å². The number of carbonyl (C=O) groups is 2. The maximum absolute atomic E-state index is 13.1. The fourth-order valence-electron chi connectivity index (χ4n) is 4.49. The van der Waals surface area contributed by atoms with E-state index in [0.29, 0.717) is 17.8 Å². The van der Waals surface area contributed by atoms with Gasteiger partial charge in [-0.2, -0.15) is 13.2 Å². The van der Waals surface area contributed by atoms with Crippen molar-refractivity contribution in [2.45, 2.75) is 25.4 Å². The van der Waals surface area contributed by atoms with Crippen LogP contribution in [0.3, 0.4) is 0 Å². The number of alkyl halides is 3. The van der Waals surface area contributed by atoms with E-state index in [2.05, 4.69) is 20.4 Å². The van der Waals surface area contributed by atoms with Crippen molar-refractivity contribution in [1.29, 1.82) is 0 Å². The molecule has 0 spiro atoms. The van der Waals surface area contributed by atoms with E-state index in [1.165, 1.54) is 12.1 Å². The topological polar surface area (TPSA) is 73.9 Å². The van der Waals surface area contributed by atoms with Crippen LogP contribution in [0.25, 0.3) is 0 Å². The Morgan fingerprint density at radius 2 is 1.69 bits per heavy atom. The number of morpholine rings is 1. The van der Waals surface area contributed by atoms with Crippen molar-refractivity contribution >= 4 is 23.2 Å². The first-order chi connectivity index (χ1) is 17.3. The Labute approximate surface area is 208 Å². The number of benzene rings is 2. The molecule has 2 aliphatic rings. The number of amides is 2. The highest BCUT2D eigenvalue weighted by atomic mass is 19.4. The van der Waals surface area contributed by atoms with Crippen molar-refractivity contribution in [3.63, 3.8) is 0 Å². The van der Waals surface area contributed by atoms with Crippen LogP contribution in [-0.2, 0) is 10.9 Å². The summed E-state index contributed by atoms with van der Waals surface area (Å²) in [7, 11) is 0. The van der Waals surface area contributed by atoms with E-state index in [9.17, 15) is 22.8 Å². The number of hydrogen-bond acceptors (Lipinski definition) is 5. The van der Waals surface area contributed by atoms with Crippen molar-refractivity contribution in [3.8, 4) is 0 Å². The molecule has 2 aliphatic heterocycles. The van der Waals surface area contributed by atoms with Crippen LogP contribution in [-0.4, -0.2) is 69.2 Å². The lowest BCUT2D eigenvalue weighted by Gasteiger charge is -2.26. The van der Waals surface area contributed by atoms with E-state index in [4.69, 9.17) is 4.74 Å². The number of anilines is 2. The second-order valence-electron chi connectivity index (χ2n) is 9.02. The monoisotopic (exact) mass is 504 g/mol. The molecule has 0 radical (unpaired) electrons. The van der Waals surface area contributed by atoms with Gasteiger partial charge < -0.3 is 20.3 Å². The van der Waals surface area contributed by atoms with Gasteiger partial charge in [-0.05, 0) is 62.2 Å². The summed E-state index contributed by atoms with van der Waals surface area (Å²) in [6.07, 6.45) is -1.67. The smallest absolute Gasteiger partial charge is 0.379 e.